The lowest BCUT2D eigenvalue weighted by molar-refractivity contribution is -0.192. The average molecular weight is 766 g/mol. The Labute approximate surface area is 311 Å². The minimum Gasteiger partial charge on any atom is -0.475 e. The fraction of sp³-hybridized carbons (Fsp3) is 0.500. The molecule has 0 aliphatic heterocycles. The van der Waals surface area contributed by atoms with Gasteiger partial charge in [0.15, 0.2) is 5.96 Å². The van der Waals surface area contributed by atoms with Crippen LogP contribution in [0.25, 0.3) is 0 Å². The van der Waals surface area contributed by atoms with Gasteiger partial charge < -0.3 is 47.7 Å². The first-order valence-electron chi connectivity index (χ1n) is 17.3. The van der Waals surface area contributed by atoms with Crippen molar-refractivity contribution in [1.82, 2.24) is 21.3 Å². The number of hydrogen-bond donors (Lipinski definition) is 8. The highest BCUT2D eigenvalue weighted by Gasteiger charge is 2.38. The Morgan fingerprint density at radius 2 is 1.48 bits per heavy atom. The van der Waals surface area contributed by atoms with Gasteiger partial charge in [-0.1, -0.05) is 68.4 Å². The van der Waals surface area contributed by atoms with Crippen molar-refractivity contribution in [2.45, 2.75) is 102 Å². The summed E-state index contributed by atoms with van der Waals surface area (Å²) in [6, 6.07) is 14.3. The molecule has 0 saturated carbocycles. The molecule has 4 amide bonds. The summed E-state index contributed by atoms with van der Waals surface area (Å²) in [5.41, 5.74) is 14.0. The van der Waals surface area contributed by atoms with Gasteiger partial charge in [0.05, 0.1) is 18.6 Å². The van der Waals surface area contributed by atoms with E-state index < -0.39 is 54.3 Å². The van der Waals surface area contributed by atoms with Crippen molar-refractivity contribution < 1.29 is 52.1 Å². The van der Waals surface area contributed by atoms with Gasteiger partial charge in [0, 0.05) is 12.6 Å². The molecule has 2 aromatic carbocycles. The number of rotatable bonds is 17. The Balaban J connectivity index is 0.00000131. The second-order valence-corrected chi connectivity index (χ2v) is 13.2. The number of hydrogen-bond acceptors (Lipinski definition) is 8. The van der Waals surface area contributed by atoms with Crippen LogP contribution in [0, 0.1) is 5.92 Å². The van der Waals surface area contributed by atoms with Crippen LogP contribution in [0.1, 0.15) is 63.1 Å². The van der Waals surface area contributed by atoms with Crippen LogP contribution in [0.5, 0.6) is 0 Å². The largest absolute Gasteiger partial charge is 0.490 e. The van der Waals surface area contributed by atoms with Crippen LogP contribution in [0.2, 0.25) is 0 Å². The monoisotopic (exact) mass is 765 g/mol. The number of amides is 4. The molecule has 0 radical (unpaired) electrons. The molecular weight excluding hydrogens is 715 g/mol. The third-order valence-electron chi connectivity index (χ3n) is 8.09. The zero-order chi connectivity index (χ0) is 40.4. The number of carboxylic acid groups (broad SMARTS) is 1. The molecule has 2 aromatic rings. The number of guanidine groups is 1. The molecule has 54 heavy (non-hydrogen) atoms. The molecule has 0 unspecified atom stereocenters. The van der Waals surface area contributed by atoms with Gasteiger partial charge >= 0.3 is 18.2 Å². The number of nitrogens with one attached hydrogen (secondary N) is 4. The number of nitrogens with two attached hydrogens (primary N) is 2. The summed E-state index contributed by atoms with van der Waals surface area (Å²) in [6.07, 6.45) is -4.78. The summed E-state index contributed by atoms with van der Waals surface area (Å²) in [7, 11) is 0. The second-order valence-electron chi connectivity index (χ2n) is 13.2. The van der Waals surface area contributed by atoms with Gasteiger partial charge in [0.1, 0.15) is 18.7 Å². The number of aliphatic hydroxyl groups excluding tert-OH is 1. The fourth-order valence-electron chi connectivity index (χ4n) is 5.47. The molecule has 3 rings (SSSR count). The van der Waals surface area contributed by atoms with Gasteiger partial charge in [-0.25, -0.2) is 9.59 Å². The van der Waals surface area contributed by atoms with Crippen molar-refractivity contribution in [2.24, 2.45) is 22.4 Å². The van der Waals surface area contributed by atoms with E-state index in [0.29, 0.717) is 12.8 Å². The number of alkyl halides is 3. The van der Waals surface area contributed by atoms with Crippen molar-refractivity contribution in [2.75, 3.05) is 6.54 Å². The molecule has 0 saturated heterocycles. The first-order chi connectivity index (χ1) is 25.3. The Morgan fingerprint density at radius 3 is 2.02 bits per heavy atom. The van der Waals surface area contributed by atoms with Gasteiger partial charge in [0.2, 0.25) is 17.7 Å². The van der Waals surface area contributed by atoms with E-state index in [1.165, 1.54) is 18.1 Å². The number of halogens is 3. The third kappa shape index (κ3) is 17.0. The number of aliphatic hydroxyl groups is 1. The lowest BCUT2D eigenvalue weighted by atomic mass is 9.96. The lowest BCUT2D eigenvalue weighted by Crippen LogP contribution is -2.55. The summed E-state index contributed by atoms with van der Waals surface area (Å²) >= 11 is 0. The number of benzene rings is 2. The van der Waals surface area contributed by atoms with Crippen LogP contribution in [0.15, 0.2) is 59.6 Å². The van der Waals surface area contributed by atoms with Gasteiger partial charge in [-0.2, -0.15) is 13.2 Å². The number of carboxylic acids is 1. The molecular formula is C36H50F3N7O8. The maximum atomic E-state index is 13.2. The second kappa shape index (κ2) is 22.0. The van der Waals surface area contributed by atoms with E-state index >= 15 is 0 Å². The highest BCUT2D eigenvalue weighted by atomic mass is 19.4. The lowest BCUT2D eigenvalue weighted by Gasteiger charge is -2.28. The molecule has 15 nitrogen and oxygen atoms in total. The number of carbonyl (C=O) groups is 5. The molecule has 1 aliphatic rings. The molecule has 18 heteroatoms. The third-order valence-corrected chi connectivity index (χ3v) is 8.09. The predicted octanol–water partition coefficient (Wildman–Crippen LogP) is 2.04. The number of ether oxygens (including phenoxy) is 1. The molecule has 0 aromatic heterocycles. The van der Waals surface area contributed by atoms with Crippen molar-refractivity contribution in [3.63, 3.8) is 0 Å². The van der Waals surface area contributed by atoms with Crippen molar-refractivity contribution in [3.8, 4) is 0 Å². The number of nitrogens with zero attached hydrogens (tertiary/aromatic N) is 1. The van der Waals surface area contributed by atoms with Crippen molar-refractivity contribution in [1.29, 1.82) is 0 Å². The normalized spacial score (nSPS) is 14.5. The van der Waals surface area contributed by atoms with Gasteiger partial charge in [-0.15, -0.1) is 0 Å². The van der Waals surface area contributed by atoms with Crippen LogP contribution in [0.4, 0.5) is 18.0 Å². The van der Waals surface area contributed by atoms with E-state index in [-0.39, 0.29) is 49.8 Å². The number of aliphatic carboxylic acids is 1. The molecule has 0 heterocycles. The molecule has 1 aliphatic carbocycles. The topological polar surface area (TPSA) is 248 Å². The SMILES string of the molecule is CC(C)C[C@H](NC(=O)[C@H](C)NC(=O)[C@H](CCCN=C(N)N)NC(=O)OCc1ccccc1)[C@@H](O)CC(=O)NC1Cc2ccccc2C1.O=C(O)C(F)(F)F. The van der Waals surface area contributed by atoms with E-state index in [1.54, 1.807) is 12.1 Å². The molecule has 4 atom stereocenters. The smallest absolute Gasteiger partial charge is 0.475 e. The zero-order valence-electron chi connectivity index (χ0n) is 30.4. The first kappa shape index (κ1) is 44.8. The zero-order valence-corrected chi connectivity index (χ0v) is 30.4. The molecule has 0 spiro atoms. The summed E-state index contributed by atoms with van der Waals surface area (Å²) in [5, 5.41) is 29.2. The Kier molecular flexibility index (Phi) is 18.2. The minimum absolute atomic E-state index is 0.0136. The highest BCUT2D eigenvalue weighted by molar-refractivity contribution is 5.91. The van der Waals surface area contributed by atoms with Crippen molar-refractivity contribution in [3.05, 3.63) is 71.3 Å². The molecule has 10 N–H and O–H groups in total. The van der Waals surface area contributed by atoms with Gasteiger partial charge in [-0.05, 0) is 61.6 Å². The Morgan fingerprint density at radius 1 is 0.907 bits per heavy atom. The Bertz CT molecular complexity index is 1550. The van der Waals surface area contributed by atoms with Crippen LogP contribution in [-0.4, -0.2) is 88.9 Å². The molecule has 0 bridgehead atoms. The number of alkyl carbamates (subject to hydrolysis) is 1. The number of fused-ring (bicyclic) bond motifs is 1. The van der Waals surface area contributed by atoms with E-state index in [1.807, 2.05) is 56.3 Å². The van der Waals surface area contributed by atoms with E-state index in [4.69, 9.17) is 26.1 Å². The summed E-state index contributed by atoms with van der Waals surface area (Å²) in [4.78, 5) is 64.6. The maximum Gasteiger partial charge on any atom is 0.490 e. The number of aliphatic imine (C=N–C) groups is 1. The standard InChI is InChI=1S/C34H49N7O6.C2HF3O2/c1-21(2)16-28(29(42)19-30(43)39-26-17-24-12-7-8-13-25(24)18-26)40-31(44)22(3)38-32(45)27(14-9-15-37-33(35)36)41-34(46)47-20-23-10-5-4-6-11-23;3-2(4,5)1(6)7/h4-8,10-13,21-22,26-29,42H,9,14-20H2,1-3H3,(H,38,45)(H,39,43)(H,40,44)(H,41,46)(H4,35,36,37);(H,6,7)/t22-,27-,28-,29-;/m0./s1. The minimum atomic E-state index is -5.08. The maximum absolute atomic E-state index is 13.2. The fourth-order valence-corrected chi connectivity index (χ4v) is 5.47. The van der Waals surface area contributed by atoms with Gasteiger partial charge in [0.25, 0.3) is 0 Å². The highest BCUT2D eigenvalue weighted by Crippen LogP contribution is 2.22. The van der Waals surface area contributed by atoms with Gasteiger partial charge in [-0.3, -0.25) is 19.4 Å². The summed E-state index contributed by atoms with van der Waals surface area (Å²) in [5.74, 6) is -4.19. The van der Waals surface area contributed by atoms with Crippen LogP contribution in [-0.2, 0) is 43.4 Å². The van der Waals surface area contributed by atoms with Crippen LogP contribution >= 0.6 is 0 Å². The molecule has 0 fully saturated rings. The predicted molar refractivity (Wildman–Crippen MR) is 193 cm³/mol. The molecule has 298 valence electrons. The average Bonchev–Trinajstić information content (AvgIpc) is 3.50. The number of carbonyl (C=O) groups excluding carboxylic acids is 4. The summed E-state index contributed by atoms with van der Waals surface area (Å²) in [6.45, 7) is 5.64. The van der Waals surface area contributed by atoms with E-state index in [9.17, 15) is 37.5 Å². The van der Waals surface area contributed by atoms with E-state index in [0.717, 1.165) is 18.4 Å². The Hall–Kier alpha value is -5.39. The van der Waals surface area contributed by atoms with Crippen LogP contribution < -0.4 is 32.7 Å². The summed E-state index contributed by atoms with van der Waals surface area (Å²) < 4.78 is 37.0. The van der Waals surface area contributed by atoms with Crippen molar-refractivity contribution >= 4 is 35.7 Å². The first-order valence-corrected chi connectivity index (χ1v) is 17.3. The van der Waals surface area contributed by atoms with E-state index in [2.05, 4.69) is 26.3 Å². The van der Waals surface area contributed by atoms with Crippen LogP contribution in [0.3, 0.4) is 0 Å². The quantitative estimate of drug-likeness (QED) is 0.0662.